The quantitative estimate of drug-likeness (QED) is 0.918. The van der Waals surface area contributed by atoms with Gasteiger partial charge in [0.05, 0.1) is 24.5 Å². The van der Waals surface area contributed by atoms with Gasteiger partial charge >= 0.3 is 0 Å². The average molecular weight is 287 g/mol. The van der Waals surface area contributed by atoms with Gasteiger partial charge in [-0.25, -0.2) is 0 Å². The first-order valence-corrected chi connectivity index (χ1v) is 6.96. The van der Waals surface area contributed by atoms with Crippen LogP contribution < -0.4 is 5.32 Å². The molecule has 2 aromatic rings. The van der Waals surface area contributed by atoms with Gasteiger partial charge < -0.3 is 9.84 Å². The van der Waals surface area contributed by atoms with E-state index in [9.17, 15) is 4.79 Å². The highest BCUT2D eigenvalue weighted by Gasteiger charge is 2.30. The van der Waals surface area contributed by atoms with Crippen LogP contribution in [0.1, 0.15) is 30.6 Å². The number of anilines is 1. The largest absolute Gasteiger partial charge is 0.340 e. The standard InChI is InChI=1S/C14H17N5O2/c1-10-16-14(18-21-10)12-5-3-7-19(12)9-13(20)17-11-4-2-6-15-8-11/h2,4,6,8,12H,3,5,7,9H2,1H3,(H,17,20). The zero-order valence-electron chi connectivity index (χ0n) is 11.8. The first-order valence-electron chi connectivity index (χ1n) is 6.96. The van der Waals surface area contributed by atoms with Crippen LogP contribution in [-0.2, 0) is 4.79 Å². The van der Waals surface area contributed by atoms with Crippen molar-refractivity contribution < 1.29 is 9.32 Å². The molecular weight excluding hydrogens is 270 g/mol. The number of amides is 1. The Morgan fingerprint density at radius 2 is 2.48 bits per heavy atom. The molecule has 1 amide bonds. The maximum atomic E-state index is 12.1. The summed E-state index contributed by atoms with van der Waals surface area (Å²) in [6, 6.07) is 3.66. The lowest BCUT2D eigenvalue weighted by Gasteiger charge is -2.20. The van der Waals surface area contributed by atoms with Crippen LogP contribution in [0, 0.1) is 6.92 Å². The summed E-state index contributed by atoms with van der Waals surface area (Å²) in [5, 5.41) is 6.81. The van der Waals surface area contributed by atoms with Gasteiger partial charge in [0.1, 0.15) is 0 Å². The maximum absolute atomic E-state index is 12.1. The third-order valence-corrected chi connectivity index (χ3v) is 3.50. The van der Waals surface area contributed by atoms with Crippen LogP contribution in [0.15, 0.2) is 29.0 Å². The van der Waals surface area contributed by atoms with Crippen LogP contribution in [0.25, 0.3) is 0 Å². The van der Waals surface area contributed by atoms with Gasteiger partial charge in [-0.05, 0) is 31.5 Å². The van der Waals surface area contributed by atoms with Gasteiger partial charge in [0.15, 0.2) is 5.82 Å². The number of aryl methyl sites for hydroxylation is 1. The fraction of sp³-hybridized carbons (Fsp3) is 0.429. The van der Waals surface area contributed by atoms with Crippen LogP contribution in [-0.4, -0.2) is 39.0 Å². The Labute approximate surface area is 122 Å². The van der Waals surface area contributed by atoms with Crippen molar-refractivity contribution in [3.05, 3.63) is 36.2 Å². The fourth-order valence-electron chi connectivity index (χ4n) is 2.58. The zero-order valence-corrected chi connectivity index (χ0v) is 11.8. The topological polar surface area (TPSA) is 84.2 Å². The molecule has 110 valence electrons. The van der Waals surface area contributed by atoms with Crippen molar-refractivity contribution in [2.75, 3.05) is 18.4 Å². The van der Waals surface area contributed by atoms with E-state index in [0.29, 0.717) is 23.9 Å². The average Bonchev–Trinajstić information content (AvgIpc) is 3.08. The number of hydrogen-bond acceptors (Lipinski definition) is 6. The minimum Gasteiger partial charge on any atom is -0.340 e. The fourth-order valence-corrected chi connectivity index (χ4v) is 2.58. The molecule has 0 saturated carbocycles. The number of nitrogens with zero attached hydrogens (tertiary/aromatic N) is 4. The van der Waals surface area contributed by atoms with Crippen LogP contribution in [0.5, 0.6) is 0 Å². The lowest BCUT2D eigenvalue weighted by molar-refractivity contribution is -0.117. The molecule has 2 aromatic heterocycles. The van der Waals surface area contributed by atoms with E-state index in [0.717, 1.165) is 19.4 Å². The number of nitrogens with one attached hydrogen (secondary N) is 1. The number of rotatable bonds is 4. The monoisotopic (exact) mass is 287 g/mol. The molecule has 21 heavy (non-hydrogen) atoms. The number of aromatic nitrogens is 3. The van der Waals surface area contributed by atoms with Gasteiger partial charge in [0, 0.05) is 13.1 Å². The van der Waals surface area contributed by atoms with E-state index < -0.39 is 0 Å². The first kappa shape index (κ1) is 13.7. The highest BCUT2D eigenvalue weighted by molar-refractivity contribution is 5.92. The number of pyridine rings is 1. The zero-order chi connectivity index (χ0) is 14.7. The molecule has 1 atom stereocenters. The number of hydrogen-bond donors (Lipinski definition) is 1. The summed E-state index contributed by atoms with van der Waals surface area (Å²) in [4.78, 5) is 22.4. The van der Waals surface area contributed by atoms with Gasteiger partial charge in [-0.3, -0.25) is 14.7 Å². The van der Waals surface area contributed by atoms with E-state index in [4.69, 9.17) is 4.52 Å². The predicted molar refractivity (Wildman–Crippen MR) is 75.4 cm³/mol. The molecule has 7 nitrogen and oxygen atoms in total. The smallest absolute Gasteiger partial charge is 0.238 e. The summed E-state index contributed by atoms with van der Waals surface area (Å²) in [7, 11) is 0. The van der Waals surface area contributed by atoms with Crippen molar-refractivity contribution in [2.24, 2.45) is 0 Å². The van der Waals surface area contributed by atoms with Gasteiger partial charge in [-0.1, -0.05) is 5.16 Å². The molecule has 0 bridgehead atoms. The molecule has 0 radical (unpaired) electrons. The molecule has 1 saturated heterocycles. The molecule has 0 aromatic carbocycles. The minimum atomic E-state index is -0.0601. The predicted octanol–water partition coefficient (Wildman–Crippen LogP) is 1.55. The van der Waals surface area contributed by atoms with Gasteiger partial charge in [0.25, 0.3) is 0 Å². The van der Waals surface area contributed by atoms with E-state index in [-0.39, 0.29) is 11.9 Å². The number of carbonyl (C=O) groups excluding carboxylic acids is 1. The van der Waals surface area contributed by atoms with Gasteiger partial charge in [0.2, 0.25) is 11.8 Å². The molecule has 1 aliphatic heterocycles. The van der Waals surface area contributed by atoms with Crippen molar-refractivity contribution in [1.29, 1.82) is 0 Å². The van der Waals surface area contributed by atoms with Crippen molar-refractivity contribution in [2.45, 2.75) is 25.8 Å². The molecule has 1 fully saturated rings. The molecule has 1 unspecified atom stereocenters. The molecule has 0 spiro atoms. The second-order valence-corrected chi connectivity index (χ2v) is 5.09. The van der Waals surface area contributed by atoms with E-state index in [1.54, 1.807) is 25.4 Å². The number of carbonyl (C=O) groups is 1. The third-order valence-electron chi connectivity index (χ3n) is 3.50. The molecule has 1 N–H and O–H groups in total. The minimum absolute atomic E-state index is 0.0575. The summed E-state index contributed by atoms with van der Waals surface area (Å²) >= 11 is 0. The molecule has 7 heteroatoms. The van der Waals surface area contributed by atoms with Crippen molar-refractivity contribution in [3.8, 4) is 0 Å². The first-order chi connectivity index (χ1) is 10.2. The summed E-state index contributed by atoms with van der Waals surface area (Å²) in [6.07, 6.45) is 5.27. The second kappa shape index (κ2) is 6.01. The van der Waals surface area contributed by atoms with E-state index in [1.165, 1.54) is 0 Å². The lowest BCUT2D eigenvalue weighted by atomic mass is 10.2. The Morgan fingerprint density at radius 1 is 1.57 bits per heavy atom. The molecule has 1 aliphatic rings. The van der Waals surface area contributed by atoms with E-state index >= 15 is 0 Å². The van der Waals surface area contributed by atoms with Gasteiger partial charge in [-0.15, -0.1) is 0 Å². The molecular formula is C14H17N5O2. The highest BCUT2D eigenvalue weighted by Crippen LogP contribution is 2.29. The lowest BCUT2D eigenvalue weighted by Crippen LogP contribution is -2.33. The third kappa shape index (κ3) is 3.25. The Morgan fingerprint density at radius 3 is 3.19 bits per heavy atom. The summed E-state index contributed by atoms with van der Waals surface area (Å²) in [5.74, 6) is 1.16. The van der Waals surface area contributed by atoms with Crippen LogP contribution in [0.2, 0.25) is 0 Å². The van der Waals surface area contributed by atoms with E-state index in [1.807, 2.05) is 6.07 Å². The number of likely N-dealkylation sites (tertiary alicyclic amines) is 1. The Bertz CT molecular complexity index is 613. The summed E-state index contributed by atoms with van der Waals surface area (Å²) in [6.45, 7) is 2.94. The molecule has 3 rings (SSSR count). The Hall–Kier alpha value is -2.28. The highest BCUT2D eigenvalue weighted by atomic mass is 16.5. The summed E-state index contributed by atoms with van der Waals surface area (Å²) < 4.78 is 5.03. The normalized spacial score (nSPS) is 18.8. The van der Waals surface area contributed by atoms with Crippen LogP contribution in [0.3, 0.4) is 0 Å². The van der Waals surface area contributed by atoms with Crippen LogP contribution in [0.4, 0.5) is 5.69 Å². The van der Waals surface area contributed by atoms with Gasteiger partial charge in [-0.2, -0.15) is 4.98 Å². The van der Waals surface area contributed by atoms with E-state index in [2.05, 4.69) is 25.3 Å². The summed E-state index contributed by atoms with van der Waals surface area (Å²) in [5.41, 5.74) is 0.702. The maximum Gasteiger partial charge on any atom is 0.238 e. The molecule has 0 aliphatic carbocycles. The van der Waals surface area contributed by atoms with Crippen molar-refractivity contribution >= 4 is 11.6 Å². The van der Waals surface area contributed by atoms with Crippen molar-refractivity contribution in [3.63, 3.8) is 0 Å². The Balaban J connectivity index is 1.62. The van der Waals surface area contributed by atoms with Crippen LogP contribution >= 0.6 is 0 Å². The SMILES string of the molecule is Cc1nc(C2CCCN2CC(=O)Nc2cccnc2)no1. The Kier molecular flexibility index (Phi) is 3.92. The van der Waals surface area contributed by atoms with Crippen molar-refractivity contribution in [1.82, 2.24) is 20.0 Å². The molecule has 3 heterocycles. The second-order valence-electron chi connectivity index (χ2n) is 5.09.